The Kier molecular flexibility index (Phi) is 12.4. The molecule has 150 valence electrons. The fourth-order valence-corrected chi connectivity index (χ4v) is 3.32. The van der Waals surface area contributed by atoms with Crippen LogP contribution >= 0.6 is 37.2 Å². The summed E-state index contributed by atoms with van der Waals surface area (Å²) in [7, 11) is 0. The molecule has 3 heterocycles. The molecule has 2 atom stereocenters. The van der Waals surface area contributed by atoms with Gasteiger partial charge in [0.2, 0.25) is 5.91 Å². The van der Waals surface area contributed by atoms with Crippen molar-refractivity contribution in [1.82, 2.24) is 15.2 Å². The highest BCUT2D eigenvalue weighted by atomic mass is 35.5. The lowest BCUT2D eigenvalue weighted by Crippen LogP contribution is -2.47. The summed E-state index contributed by atoms with van der Waals surface area (Å²) in [5.74, 6) is 0.0316. The maximum atomic E-state index is 12.2. The monoisotopic (exact) mass is 426 g/mol. The second-order valence-corrected chi connectivity index (χ2v) is 6.44. The molecule has 0 unspecified atom stereocenters. The molecule has 6 nitrogen and oxygen atoms in total. The van der Waals surface area contributed by atoms with Crippen molar-refractivity contribution in [2.75, 3.05) is 19.6 Å². The summed E-state index contributed by atoms with van der Waals surface area (Å²) < 4.78 is 5.66. The minimum Gasteiger partial charge on any atom is -0.364 e. The van der Waals surface area contributed by atoms with Gasteiger partial charge in [0.25, 0.3) is 0 Å². The number of carbonyl (C=O) groups is 1. The van der Waals surface area contributed by atoms with Gasteiger partial charge in [-0.1, -0.05) is 6.07 Å². The first-order valence-electron chi connectivity index (χ1n) is 8.53. The minimum atomic E-state index is -0.310. The lowest BCUT2D eigenvalue weighted by molar-refractivity contribution is -0.132. The molecule has 0 bridgehead atoms. The highest BCUT2D eigenvalue weighted by Gasteiger charge is 2.31. The number of aromatic nitrogens is 1. The highest BCUT2D eigenvalue weighted by molar-refractivity contribution is 5.86. The van der Waals surface area contributed by atoms with Crippen molar-refractivity contribution in [3.8, 4) is 0 Å². The fourth-order valence-electron chi connectivity index (χ4n) is 3.32. The normalized spacial score (nSPS) is 23.3. The van der Waals surface area contributed by atoms with Crippen LogP contribution in [0.1, 0.15) is 31.4 Å². The number of nitrogens with one attached hydrogen (secondary N) is 1. The quantitative estimate of drug-likeness (QED) is 0.750. The molecule has 1 amide bonds. The first kappa shape index (κ1) is 25.4. The molecule has 0 saturated carbocycles. The van der Waals surface area contributed by atoms with Crippen LogP contribution in [0.15, 0.2) is 24.4 Å². The number of ether oxygens (including phenoxy) is 1. The molecule has 26 heavy (non-hydrogen) atoms. The van der Waals surface area contributed by atoms with Crippen molar-refractivity contribution >= 4 is 43.1 Å². The van der Waals surface area contributed by atoms with Gasteiger partial charge in [0.15, 0.2) is 0 Å². The van der Waals surface area contributed by atoms with Gasteiger partial charge in [-0.15, -0.1) is 37.2 Å². The number of hydrogen-bond acceptors (Lipinski definition) is 5. The van der Waals surface area contributed by atoms with E-state index in [1.54, 1.807) is 0 Å². The molecule has 3 rings (SSSR count). The molecule has 1 aromatic heterocycles. The smallest absolute Gasteiger partial charge is 0.249 e. The maximum absolute atomic E-state index is 12.2. The van der Waals surface area contributed by atoms with Gasteiger partial charge in [0, 0.05) is 38.4 Å². The number of piperidine rings is 1. The van der Waals surface area contributed by atoms with Crippen molar-refractivity contribution in [3.63, 3.8) is 0 Å². The Balaban J connectivity index is 0.00000208. The Hall–Kier alpha value is -0.630. The first-order chi connectivity index (χ1) is 11.2. The zero-order valence-corrected chi connectivity index (χ0v) is 17.2. The maximum Gasteiger partial charge on any atom is 0.249 e. The third kappa shape index (κ3) is 7.18. The number of nitrogens with zero attached hydrogens (tertiary/aromatic N) is 2. The topological polar surface area (TPSA) is 80.5 Å². The van der Waals surface area contributed by atoms with E-state index in [9.17, 15) is 4.79 Å². The standard InChI is InChI=1S/C17H26N4O2.3ClH/c18-11-15-4-5-16(23-15)17(22)20-13-6-9-21(10-7-13)12-14-3-1-2-8-19-14;;;/h1-3,8,13,15-16H,4-7,9-12,18H2,(H,20,22);3*1H/t15-,16+;;;/m1.../s1. The van der Waals surface area contributed by atoms with Crippen LogP contribution < -0.4 is 11.1 Å². The molecule has 0 aliphatic carbocycles. The average molecular weight is 428 g/mol. The Morgan fingerprint density at radius 3 is 2.50 bits per heavy atom. The SMILES string of the molecule is Cl.Cl.Cl.NC[C@H]1CC[C@@H](C(=O)NC2CCN(Cc3ccccn3)CC2)O1. The largest absolute Gasteiger partial charge is 0.364 e. The van der Waals surface area contributed by atoms with Gasteiger partial charge < -0.3 is 15.8 Å². The summed E-state index contributed by atoms with van der Waals surface area (Å²) >= 11 is 0. The Morgan fingerprint density at radius 2 is 1.92 bits per heavy atom. The van der Waals surface area contributed by atoms with E-state index >= 15 is 0 Å². The van der Waals surface area contributed by atoms with Gasteiger partial charge in [-0.25, -0.2) is 0 Å². The third-order valence-electron chi connectivity index (χ3n) is 4.71. The molecule has 3 N–H and O–H groups in total. The minimum absolute atomic E-state index is 0. The summed E-state index contributed by atoms with van der Waals surface area (Å²) in [5.41, 5.74) is 6.69. The van der Waals surface area contributed by atoms with E-state index in [2.05, 4.69) is 21.3 Å². The van der Waals surface area contributed by atoms with Crippen molar-refractivity contribution < 1.29 is 9.53 Å². The Labute approximate surface area is 173 Å². The van der Waals surface area contributed by atoms with Crippen molar-refractivity contribution in [2.45, 2.75) is 50.5 Å². The number of pyridine rings is 1. The number of halogens is 3. The van der Waals surface area contributed by atoms with Gasteiger partial charge in [0.1, 0.15) is 6.10 Å². The fraction of sp³-hybridized carbons (Fsp3) is 0.647. The first-order valence-corrected chi connectivity index (χ1v) is 8.53. The van der Waals surface area contributed by atoms with E-state index in [0.29, 0.717) is 6.54 Å². The van der Waals surface area contributed by atoms with Crippen LogP contribution in [0.2, 0.25) is 0 Å². The molecule has 2 aliphatic rings. The number of hydrogen-bond donors (Lipinski definition) is 2. The van der Waals surface area contributed by atoms with Gasteiger partial charge >= 0.3 is 0 Å². The Morgan fingerprint density at radius 1 is 1.19 bits per heavy atom. The van der Waals surface area contributed by atoms with Gasteiger partial charge in [0.05, 0.1) is 11.8 Å². The third-order valence-corrected chi connectivity index (χ3v) is 4.71. The van der Waals surface area contributed by atoms with Crippen molar-refractivity contribution in [2.24, 2.45) is 5.73 Å². The van der Waals surface area contributed by atoms with E-state index < -0.39 is 0 Å². The molecule has 2 saturated heterocycles. The van der Waals surface area contributed by atoms with Gasteiger partial charge in [-0.05, 0) is 37.8 Å². The predicted molar refractivity (Wildman–Crippen MR) is 109 cm³/mol. The zero-order chi connectivity index (χ0) is 16.1. The van der Waals surface area contributed by atoms with Crippen LogP contribution in [-0.2, 0) is 16.1 Å². The summed E-state index contributed by atoms with van der Waals surface area (Å²) in [6, 6.07) is 6.26. The zero-order valence-electron chi connectivity index (χ0n) is 14.7. The average Bonchev–Trinajstić information content (AvgIpc) is 3.07. The summed E-state index contributed by atoms with van der Waals surface area (Å²) in [6.07, 6.45) is 5.19. The Bertz CT molecular complexity index is 516. The number of rotatable bonds is 5. The molecule has 0 spiro atoms. The number of nitrogens with two attached hydrogens (primary N) is 1. The van der Waals surface area contributed by atoms with Crippen molar-refractivity contribution in [3.05, 3.63) is 30.1 Å². The summed E-state index contributed by atoms with van der Waals surface area (Å²) in [6.45, 7) is 3.35. The molecule has 1 aromatic rings. The number of likely N-dealkylation sites (tertiary alicyclic amines) is 1. The molecular formula is C17H29Cl3N4O2. The van der Waals surface area contributed by atoms with Gasteiger partial charge in [-0.2, -0.15) is 0 Å². The van der Waals surface area contributed by atoms with Crippen molar-refractivity contribution in [1.29, 1.82) is 0 Å². The second-order valence-electron chi connectivity index (χ2n) is 6.44. The molecule has 0 aromatic carbocycles. The van der Waals surface area contributed by atoms with E-state index in [1.807, 2.05) is 18.3 Å². The molecule has 2 fully saturated rings. The van der Waals surface area contributed by atoms with Crippen LogP contribution in [-0.4, -0.2) is 53.7 Å². The molecule has 9 heteroatoms. The van der Waals surface area contributed by atoms with Gasteiger partial charge in [-0.3, -0.25) is 14.7 Å². The highest BCUT2D eigenvalue weighted by Crippen LogP contribution is 2.20. The van der Waals surface area contributed by atoms with E-state index in [4.69, 9.17) is 10.5 Å². The summed E-state index contributed by atoms with van der Waals surface area (Å²) in [5, 5.41) is 3.14. The molecular weight excluding hydrogens is 399 g/mol. The van der Waals surface area contributed by atoms with E-state index in [0.717, 1.165) is 51.0 Å². The lowest BCUT2D eigenvalue weighted by Gasteiger charge is -2.32. The van der Waals surface area contributed by atoms with E-state index in [-0.39, 0.29) is 61.4 Å². The number of amides is 1. The van der Waals surface area contributed by atoms with Crippen LogP contribution in [0.5, 0.6) is 0 Å². The van der Waals surface area contributed by atoms with Crippen LogP contribution in [0.4, 0.5) is 0 Å². The second kappa shape index (κ2) is 12.7. The van der Waals surface area contributed by atoms with Crippen LogP contribution in [0, 0.1) is 0 Å². The number of carbonyl (C=O) groups excluding carboxylic acids is 1. The molecule has 2 aliphatic heterocycles. The van der Waals surface area contributed by atoms with E-state index in [1.165, 1.54) is 0 Å². The molecule has 0 radical (unpaired) electrons. The van der Waals surface area contributed by atoms with Crippen LogP contribution in [0.25, 0.3) is 0 Å². The summed E-state index contributed by atoms with van der Waals surface area (Å²) in [4.78, 5) is 19.0. The van der Waals surface area contributed by atoms with Crippen LogP contribution in [0.3, 0.4) is 0 Å². The lowest BCUT2D eigenvalue weighted by atomic mass is 10.0. The predicted octanol–water partition coefficient (Wildman–Crippen LogP) is 1.93.